The van der Waals surface area contributed by atoms with E-state index in [1.165, 1.54) is 17.3 Å². The van der Waals surface area contributed by atoms with E-state index in [-0.39, 0.29) is 23.6 Å². The van der Waals surface area contributed by atoms with Gasteiger partial charge in [0.1, 0.15) is 0 Å². The Morgan fingerprint density at radius 2 is 1.77 bits per heavy atom. The highest BCUT2D eigenvalue weighted by atomic mass is 32.2. The van der Waals surface area contributed by atoms with Crippen molar-refractivity contribution in [1.29, 1.82) is 0 Å². The van der Waals surface area contributed by atoms with Crippen LogP contribution in [0.25, 0.3) is 0 Å². The first-order valence-corrected chi connectivity index (χ1v) is 11.1. The maximum absolute atomic E-state index is 12.6. The summed E-state index contributed by atoms with van der Waals surface area (Å²) in [7, 11) is 1.83. The van der Waals surface area contributed by atoms with Crippen LogP contribution in [0.1, 0.15) is 40.3 Å². The summed E-state index contributed by atoms with van der Waals surface area (Å²) in [5.41, 5.74) is 2.74. The van der Waals surface area contributed by atoms with Gasteiger partial charge in [0, 0.05) is 19.2 Å². The van der Waals surface area contributed by atoms with Crippen molar-refractivity contribution in [2.75, 3.05) is 12.3 Å². The highest BCUT2D eigenvalue weighted by Crippen LogP contribution is 2.19. The van der Waals surface area contributed by atoms with E-state index in [1.807, 2.05) is 74.0 Å². The van der Waals surface area contributed by atoms with Gasteiger partial charge in [-0.1, -0.05) is 60.3 Å². The number of rotatable bonds is 9. The summed E-state index contributed by atoms with van der Waals surface area (Å²) in [6.07, 6.45) is 0.795. The number of hydrogen-bond acceptors (Lipinski definition) is 5. The number of nitrogens with one attached hydrogen (secondary N) is 2. The Kier molecular flexibility index (Phi) is 7.83. The summed E-state index contributed by atoms with van der Waals surface area (Å²) in [5, 5.41) is 14.9. The van der Waals surface area contributed by atoms with E-state index in [9.17, 15) is 9.59 Å². The zero-order valence-electron chi connectivity index (χ0n) is 18.0. The Balaban J connectivity index is 1.49. The van der Waals surface area contributed by atoms with Crippen LogP contribution >= 0.6 is 11.8 Å². The Bertz CT molecular complexity index is 1040. The van der Waals surface area contributed by atoms with E-state index in [4.69, 9.17) is 0 Å². The normalized spacial score (nSPS) is 11.7. The van der Waals surface area contributed by atoms with Crippen LogP contribution in [-0.4, -0.2) is 38.9 Å². The minimum Gasteiger partial charge on any atom is -0.355 e. The van der Waals surface area contributed by atoms with Gasteiger partial charge in [-0.15, -0.1) is 10.2 Å². The summed E-state index contributed by atoms with van der Waals surface area (Å²) in [5.74, 6) is 0.686. The summed E-state index contributed by atoms with van der Waals surface area (Å²) in [6.45, 7) is 4.36. The first-order valence-electron chi connectivity index (χ1n) is 10.1. The number of amides is 2. The first kappa shape index (κ1) is 22.6. The second kappa shape index (κ2) is 10.8. The standard InChI is InChI=1S/C23H27N5O2S/c1-16-9-7-8-12-19(16)22(30)25-17(2)21-26-27-23(28(21)3)31-15-20(29)24-14-13-18-10-5-4-6-11-18/h4-12,17H,13-15H2,1-3H3,(H,24,29)(H,25,30)/t17-/m0/s1. The number of carbonyl (C=O) groups excluding carboxylic acids is 2. The summed E-state index contributed by atoms with van der Waals surface area (Å²) < 4.78 is 1.81. The van der Waals surface area contributed by atoms with Crippen molar-refractivity contribution in [3.8, 4) is 0 Å². The SMILES string of the molecule is Cc1ccccc1C(=O)N[C@@H](C)c1nnc(SCC(=O)NCCc2ccccc2)n1C. The lowest BCUT2D eigenvalue weighted by atomic mass is 10.1. The summed E-state index contributed by atoms with van der Waals surface area (Å²) >= 11 is 1.32. The van der Waals surface area contributed by atoms with Crippen LogP contribution in [0, 0.1) is 6.92 Å². The van der Waals surface area contributed by atoms with E-state index in [1.54, 1.807) is 6.07 Å². The lowest BCUT2D eigenvalue weighted by molar-refractivity contribution is -0.118. The zero-order chi connectivity index (χ0) is 22.2. The van der Waals surface area contributed by atoms with Crippen molar-refractivity contribution >= 4 is 23.6 Å². The van der Waals surface area contributed by atoms with Gasteiger partial charge in [-0.25, -0.2) is 0 Å². The number of nitrogens with zero attached hydrogens (tertiary/aromatic N) is 3. The topological polar surface area (TPSA) is 88.9 Å². The van der Waals surface area contributed by atoms with Crippen molar-refractivity contribution < 1.29 is 9.59 Å². The third-order valence-corrected chi connectivity index (χ3v) is 5.92. The number of benzene rings is 2. The first-order chi connectivity index (χ1) is 15.0. The van der Waals surface area contributed by atoms with Crippen LogP contribution in [0.15, 0.2) is 59.8 Å². The molecule has 1 atom stereocenters. The molecule has 162 valence electrons. The van der Waals surface area contributed by atoms with Crippen LogP contribution < -0.4 is 10.6 Å². The molecule has 1 aromatic heterocycles. The van der Waals surface area contributed by atoms with Gasteiger partial charge in [0.05, 0.1) is 11.8 Å². The lowest BCUT2D eigenvalue weighted by Crippen LogP contribution is -2.29. The second-order valence-corrected chi connectivity index (χ2v) is 8.23. The molecule has 0 saturated heterocycles. The highest BCUT2D eigenvalue weighted by Gasteiger charge is 2.19. The smallest absolute Gasteiger partial charge is 0.252 e. The van der Waals surface area contributed by atoms with E-state index >= 15 is 0 Å². The Morgan fingerprint density at radius 1 is 1.06 bits per heavy atom. The van der Waals surface area contributed by atoms with Gasteiger partial charge in [-0.05, 0) is 37.5 Å². The molecule has 0 spiro atoms. The van der Waals surface area contributed by atoms with Crippen LogP contribution in [0.3, 0.4) is 0 Å². The van der Waals surface area contributed by atoms with Crippen molar-refractivity contribution in [2.24, 2.45) is 7.05 Å². The molecule has 3 aromatic rings. The van der Waals surface area contributed by atoms with Crippen LogP contribution in [0.5, 0.6) is 0 Å². The quantitative estimate of drug-likeness (QED) is 0.502. The van der Waals surface area contributed by atoms with Crippen LogP contribution in [0.4, 0.5) is 0 Å². The van der Waals surface area contributed by atoms with E-state index in [0.717, 1.165) is 12.0 Å². The molecule has 0 aliphatic heterocycles. The van der Waals surface area contributed by atoms with Crippen LogP contribution in [0.2, 0.25) is 0 Å². The number of thioether (sulfide) groups is 1. The number of carbonyl (C=O) groups is 2. The molecule has 3 rings (SSSR count). The average molecular weight is 438 g/mol. The maximum atomic E-state index is 12.6. The van der Waals surface area contributed by atoms with Crippen LogP contribution in [-0.2, 0) is 18.3 Å². The average Bonchev–Trinajstić information content (AvgIpc) is 3.13. The molecule has 0 fully saturated rings. The maximum Gasteiger partial charge on any atom is 0.252 e. The molecule has 2 amide bonds. The molecule has 0 unspecified atom stereocenters. The lowest BCUT2D eigenvalue weighted by Gasteiger charge is -2.14. The third kappa shape index (κ3) is 6.18. The molecule has 0 aliphatic rings. The number of hydrogen-bond donors (Lipinski definition) is 2. The monoisotopic (exact) mass is 437 g/mol. The fourth-order valence-electron chi connectivity index (χ4n) is 3.17. The van der Waals surface area contributed by atoms with Gasteiger partial charge < -0.3 is 15.2 Å². The molecular formula is C23H27N5O2S. The minimum atomic E-state index is -0.321. The molecule has 8 heteroatoms. The molecule has 2 N–H and O–H groups in total. The fraction of sp³-hybridized carbons (Fsp3) is 0.304. The van der Waals surface area contributed by atoms with E-state index < -0.39 is 0 Å². The number of aromatic nitrogens is 3. The zero-order valence-corrected chi connectivity index (χ0v) is 18.8. The van der Waals surface area contributed by atoms with Crippen molar-refractivity contribution in [1.82, 2.24) is 25.4 Å². The molecule has 0 saturated carbocycles. The molecule has 0 bridgehead atoms. The predicted octanol–water partition coefficient (Wildman–Crippen LogP) is 3.07. The van der Waals surface area contributed by atoms with Crippen molar-refractivity contribution in [2.45, 2.75) is 31.5 Å². The second-order valence-electron chi connectivity index (χ2n) is 7.28. The molecular weight excluding hydrogens is 410 g/mol. The summed E-state index contributed by atoms with van der Waals surface area (Å²) in [4.78, 5) is 24.7. The van der Waals surface area contributed by atoms with Crippen molar-refractivity contribution in [3.05, 3.63) is 77.1 Å². The Hall–Kier alpha value is -3.13. The molecule has 31 heavy (non-hydrogen) atoms. The van der Waals surface area contributed by atoms with E-state index in [2.05, 4.69) is 20.8 Å². The van der Waals surface area contributed by atoms with Gasteiger partial charge in [0.2, 0.25) is 5.91 Å². The molecule has 0 aliphatic carbocycles. The fourth-order valence-corrected chi connectivity index (χ4v) is 3.92. The van der Waals surface area contributed by atoms with Crippen molar-refractivity contribution in [3.63, 3.8) is 0 Å². The minimum absolute atomic E-state index is 0.0496. The van der Waals surface area contributed by atoms with Gasteiger partial charge in [-0.2, -0.15) is 0 Å². The molecule has 0 radical (unpaired) electrons. The Labute approximate surface area is 186 Å². The van der Waals surface area contributed by atoms with Gasteiger partial charge in [-0.3, -0.25) is 9.59 Å². The van der Waals surface area contributed by atoms with E-state index in [0.29, 0.717) is 23.1 Å². The number of aryl methyl sites for hydroxylation is 1. The van der Waals surface area contributed by atoms with Gasteiger partial charge in [0.15, 0.2) is 11.0 Å². The van der Waals surface area contributed by atoms with Gasteiger partial charge >= 0.3 is 0 Å². The Morgan fingerprint density at radius 3 is 2.52 bits per heavy atom. The predicted molar refractivity (Wildman–Crippen MR) is 122 cm³/mol. The molecule has 1 heterocycles. The summed E-state index contributed by atoms with van der Waals surface area (Å²) in [6, 6.07) is 17.2. The third-order valence-electron chi connectivity index (χ3n) is 4.90. The largest absolute Gasteiger partial charge is 0.355 e. The molecule has 7 nitrogen and oxygen atoms in total. The van der Waals surface area contributed by atoms with Gasteiger partial charge in [0.25, 0.3) is 5.91 Å². The highest BCUT2D eigenvalue weighted by molar-refractivity contribution is 7.99. The molecule has 2 aromatic carbocycles.